The van der Waals surface area contributed by atoms with Gasteiger partial charge in [0.25, 0.3) is 0 Å². The van der Waals surface area contributed by atoms with Crippen LogP contribution in [0.5, 0.6) is 5.75 Å². The highest BCUT2D eigenvalue weighted by Crippen LogP contribution is 2.31. The number of guanidine groups is 1. The molecule has 25 heavy (non-hydrogen) atoms. The molecule has 0 saturated carbocycles. The van der Waals surface area contributed by atoms with E-state index in [1.807, 2.05) is 6.92 Å². The van der Waals surface area contributed by atoms with Crippen LogP contribution in [0.1, 0.15) is 19.8 Å². The quantitative estimate of drug-likeness (QED) is 0.488. The zero-order valence-electron chi connectivity index (χ0n) is 14.9. The fourth-order valence-electron chi connectivity index (χ4n) is 2.83. The van der Waals surface area contributed by atoms with Crippen molar-refractivity contribution in [3.8, 4) is 5.75 Å². The van der Waals surface area contributed by atoms with Crippen LogP contribution in [0.4, 0.5) is 4.39 Å². The van der Waals surface area contributed by atoms with Crippen molar-refractivity contribution in [3.63, 3.8) is 0 Å². The van der Waals surface area contributed by atoms with Gasteiger partial charge in [0, 0.05) is 32.2 Å². The van der Waals surface area contributed by atoms with Crippen molar-refractivity contribution in [2.45, 2.75) is 25.9 Å². The first-order valence-electron chi connectivity index (χ1n) is 8.62. The number of hydrogen-bond acceptors (Lipinski definition) is 4. The molecule has 1 aliphatic heterocycles. The fraction of sp³-hybridized carbons (Fsp3) is 0.611. The summed E-state index contributed by atoms with van der Waals surface area (Å²) in [6, 6.07) is 5.97. The summed E-state index contributed by atoms with van der Waals surface area (Å²) in [5, 5.41) is 15.8. The normalized spacial score (nSPS) is 21.8. The van der Waals surface area contributed by atoms with Crippen LogP contribution in [-0.2, 0) is 4.74 Å². The molecule has 0 bridgehead atoms. The molecule has 2 rings (SSSR count). The van der Waals surface area contributed by atoms with E-state index in [-0.39, 0.29) is 23.9 Å². The van der Waals surface area contributed by atoms with E-state index in [2.05, 4.69) is 15.6 Å². The summed E-state index contributed by atoms with van der Waals surface area (Å²) >= 11 is 0. The van der Waals surface area contributed by atoms with E-state index in [0.717, 1.165) is 13.0 Å². The van der Waals surface area contributed by atoms with E-state index in [9.17, 15) is 9.50 Å². The number of benzene rings is 1. The van der Waals surface area contributed by atoms with Gasteiger partial charge < -0.3 is 25.2 Å². The van der Waals surface area contributed by atoms with Crippen molar-refractivity contribution in [1.29, 1.82) is 0 Å². The van der Waals surface area contributed by atoms with Gasteiger partial charge in [-0.3, -0.25) is 4.99 Å². The topological polar surface area (TPSA) is 75.1 Å². The Bertz CT molecular complexity index is 545. The average molecular weight is 353 g/mol. The third kappa shape index (κ3) is 6.17. The molecule has 1 aromatic rings. The molecule has 0 aromatic heterocycles. The number of halogens is 1. The van der Waals surface area contributed by atoms with Crippen LogP contribution < -0.4 is 15.4 Å². The van der Waals surface area contributed by atoms with Crippen LogP contribution in [0.25, 0.3) is 0 Å². The van der Waals surface area contributed by atoms with Crippen molar-refractivity contribution in [1.82, 2.24) is 10.6 Å². The zero-order valence-corrected chi connectivity index (χ0v) is 14.9. The summed E-state index contributed by atoms with van der Waals surface area (Å²) in [6.07, 6.45) is 1.54. The van der Waals surface area contributed by atoms with Crippen molar-refractivity contribution in [2.75, 3.05) is 40.0 Å². The molecule has 2 atom stereocenters. The lowest BCUT2D eigenvalue weighted by Crippen LogP contribution is -2.46. The van der Waals surface area contributed by atoms with E-state index in [4.69, 9.17) is 9.47 Å². The largest absolute Gasteiger partial charge is 0.489 e. The number of nitrogens with one attached hydrogen (secondary N) is 2. The van der Waals surface area contributed by atoms with Crippen molar-refractivity contribution in [3.05, 3.63) is 30.1 Å². The second kappa shape index (κ2) is 9.58. The smallest absolute Gasteiger partial charge is 0.191 e. The van der Waals surface area contributed by atoms with Crippen LogP contribution in [0, 0.1) is 11.2 Å². The molecule has 140 valence electrons. The fourth-order valence-corrected chi connectivity index (χ4v) is 2.83. The maximum Gasteiger partial charge on any atom is 0.191 e. The number of ether oxygens (including phenoxy) is 2. The van der Waals surface area contributed by atoms with E-state index in [0.29, 0.717) is 37.8 Å². The minimum atomic E-state index is -0.282. The van der Waals surface area contributed by atoms with Crippen molar-refractivity contribution in [2.24, 2.45) is 10.4 Å². The lowest BCUT2D eigenvalue weighted by Gasteiger charge is -2.28. The third-order valence-electron chi connectivity index (χ3n) is 4.39. The second-order valence-corrected chi connectivity index (χ2v) is 6.47. The summed E-state index contributed by atoms with van der Waals surface area (Å²) in [5.74, 6) is 1.03. The highest BCUT2D eigenvalue weighted by atomic mass is 19.1. The highest BCUT2D eigenvalue weighted by molar-refractivity contribution is 5.79. The maximum atomic E-state index is 12.9. The average Bonchev–Trinajstić information content (AvgIpc) is 3.06. The Morgan fingerprint density at radius 3 is 2.76 bits per heavy atom. The van der Waals surface area contributed by atoms with Gasteiger partial charge in [0.2, 0.25) is 0 Å². The number of hydrogen-bond donors (Lipinski definition) is 3. The Morgan fingerprint density at radius 2 is 2.16 bits per heavy atom. The van der Waals surface area contributed by atoms with E-state index in [1.165, 1.54) is 12.1 Å². The van der Waals surface area contributed by atoms with Gasteiger partial charge in [-0.2, -0.15) is 0 Å². The van der Waals surface area contributed by atoms with Gasteiger partial charge in [-0.15, -0.1) is 0 Å². The molecular formula is C18H28FN3O3. The molecule has 7 heteroatoms. The van der Waals surface area contributed by atoms with Crippen molar-refractivity contribution < 1.29 is 19.0 Å². The van der Waals surface area contributed by atoms with Gasteiger partial charge in [0.1, 0.15) is 17.7 Å². The second-order valence-electron chi connectivity index (χ2n) is 6.47. The van der Waals surface area contributed by atoms with Gasteiger partial charge in [-0.05, 0) is 44.0 Å². The predicted molar refractivity (Wildman–Crippen MR) is 95.4 cm³/mol. The minimum absolute atomic E-state index is 0.0391. The monoisotopic (exact) mass is 353 g/mol. The first kappa shape index (κ1) is 19.5. The van der Waals surface area contributed by atoms with Crippen LogP contribution >= 0.6 is 0 Å². The number of rotatable bonds is 8. The molecule has 1 aromatic carbocycles. The van der Waals surface area contributed by atoms with Gasteiger partial charge in [0.15, 0.2) is 5.96 Å². The van der Waals surface area contributed by atoms with E-state index >= 15 is 0 Å². The minimum Gasteiger partial charge on any atom is -0.489 e. The third-order valence-corrected chi connectivity index (χ3v) is 4.39. The Morgan fingerprint density at radius 1 is 1.40 bits per heavy atom. The summed E-state index contributed by atoms with van der Waals surface area (Å²) in [7, 11) is 1.71. The molecule has 0 radical (unpaired) electrons. The molecule has 1 saturated heterocycles. The van der Waals surface area contributed by atoms with Crippen LogP contribution in [0.2, 0.25) is 0 Å². The number of aliphatic imine (C=N–C) groups is 1. The molecule has 1 fully saturated rings. The van der Waals surface area contributed by atoms with Gasteiger partial charge in [-0.25, -0.2) is 4.39 Å². The molecule has 6 nitrogen and oxygen atoms in total. The van der Waals surface area contributed by atoms with E-state index in [1.54, 1.807) is 19.2 Å². The number of aliphatic hydroxyl groups excluding tert-OH is 1. The summed E-state index contributed by atoms with van der Waals surface area (Å²) in [5.41, 5.74) is -0.0391. The Kier molecular flexibility index (Phi) is 7.46. The first-order valence-corrected chi connectivity index (χ1v) is 8.62. The molecule has 0 spiro atoms. The Labute approximate surface area is 148 Å². The SMILES string of the molecule is CN=C(NCC(C)Oc1ccc(F)cc1)NCC1(CCO)CCOC1. The standard InChI is InChI=1S/C18H28FN3O3/c1-14(25-16-5-3-15(19)4-6-16)11-21-17(20-2)22-12-18(7-9-23)8-10-24-13-18/h3-6,14,23H,7-13H2,1-2H3,(H2,20,21,22). The van der Waals surface area contributed by atoms with E-state index < -0.39 is 0 Å². The van der Waals surface area contributed by atoms with Crippen LogP contribution in [-0.4, -0.2) is 57.1 Å². The van der Waals surface area contributed by atoms with Crippen molar-refractivity contribution >= 4 is 5.96 Å². The lowest BCUT2D eigenvalue weighted by atomic mass is 9.84. The molecule has 2 unspecified atom stereocenters. The maximum absolute atomic E-state index is 12.9. The molecule has 3 N–H and O–H groups in total. The van der Waals surface area contributed by atoms with Crippen LogP contribution in [0.15, 0.2) is 29.3 Å². The van der Waals surface area contributed by atoms with Crippen LogP contribution in [0.3, 0.4) is 0 Å². The Balaban J connectivity index is 1.76. The number of aliphatic hydroxyl groups is 1. The Hall–Kier alpha value is -1.86. The highest BCUT2D eigenvalue weighted by Gasteiger charge is 2.34. The lowest BCUT2D eigenvalue weighted by molar-refractivity contribution is 0.127. The molecule has 0 aliphatic carbocycles. The number of nitrogens with zero attached hydrogens (tertiary/aromatic N) is 1. The first-order chi connectivity index (χ1) is 12.1. The molecule has 1 heterocycles. The summed E-state index contributed by atoms with van der Waals surface area (Å²) in [6.45, 7) is 4.72. The molecule has 1 aliphatic rings. The van der Waals surface area contributed by atoms with Gasteiger partial charge >= 0.3 is 0 Å². The van der Waals surface area contributed by atoms with Gasteiger partial charge in [0.05, 0.1) is 13.2 Å². The summed E-state index contributed by atoms with van der Waals surface area (Å²) in [4.78, 5) is 4.22. The molecule has 0 amide bonds. The molecular weight excluding hydrogens is 325 g/mol. The summed E-state index contributed by atoms with van der Waals surface area (Å²) < 4.78 is 24.1. The zero-order chi connectivity index (χ0) is 18.1. The van der Waals surface area contributed by atoms with Gasteiger partial charge in [-0.1, -0.05) is 0 Å². The predicted octanol–water partition coefficient (Wildman–Crippen LogP) is 1.55.